The first-order valence-electron chi connectivity index (χ1n) is 8.69. The van der Waals surface area contributed by atoms with Crippen molar-refractivity contribution in [1.29, 1.82) is 0 Å². The molecule has 5 heteroatoms. The zero-order valence-electron chi connectivity index (χ0n) is 15.9. The fraction of sp³-hybridized carbons (Fsp3) is 0.381. The summed E-state index contributed by atoms with van der Waals surface area (Å²) in [6.45, 7) is 6.68. The SMILES string of the molecule is COc1ccc(CC(NC(N)=O)C(C)(C)C)cc1OCc1ccccc1. The van der Waals surface area contributed by atoms with Crippen LogP contribution in [-0.4, -0.2) is 19.2 Å². The maximum atomic E-state index is 11.3. The van der Waals surface area contributed by atoms with Crippen LogP contribution < -0.4 is 20.5 Å². The van der Waals surface area contributed by atoms with E-state index in [-0.39, 0.29) is 11.5 Å². The molecule has 0 spiro atoms. The summed E-state index contributed by atoms with van der Waals surface area (Å²) in [5.74, 6) is 1.36. The van der Waals surface area contributed by atoms with Crippen molar-refractivity contribution in [1.82, 2.24) is 5.32 Å². The van der Waals surface area contributed by atoms with Crippen molar-refractivity contribution in [3.8, 4) is 11.5 Å². The fourth-order valence-electron chi connectivity index (χ4n) is 2.68. The van der Waals surface area contributed by atoms with Crippen molar-refractivity contribution < 1.29 is 14.3 Å². The predicted octanol–water partition coefficient (Wildman–Crippen LogP) is 3.90. The Morgan fingerprint density at radius 3 is 2.35 bits per heavy atom. The smallest absolute Gasteiger partial charge is 0.312 e. The molecule has 2 amide bonds. The Balaban J connectivity index is 2.17. The standard InChI is InChI=1S/C21H28N2O3/c1-21(2,3)19(23-20(22)24)13-16-10-11-17(25-4)18(12-16)26-14-15-8-6-5-7-9-15/h5-12,19H,13-14H2,1-4H3,(H3,22,23,24). The zero-order chi connectivity index (χ0) is 19.2. The highest BCUT2D eigenvalue weighted by molar-refractivity contribution is 5.72. The van der Waals surface area contributed by atoms with E-state index in [2.05, 4.69) is 26.1 Å². The number of methoxy groups -OCH3 is 1. The van der Waals surface area contributed by atoms with Gasteiger partial charge in [0.25, 0.3) is 0 Å². The summed E-state index contributed by atoms with van der Waals surface area (Å²) < 4.78 is 11.4. The summed E-state index contributed by atoms with van der Waals surface area (Å²) in [5, 5.41) is 2.84. The molecule has 0 fully saturated rings. The van der Waals surface area contributed by atoms with Crippen LogP contribution in [0, 0.1) is 5.41 Å². The molecular formula is C21H28N2O3. The molecule has 5 nitrogen and oxygen atoms in total. The fourth-order valence-corrected chi connectivity index (χ4v) is 2.68. The summed E-state index contributed by atoms with van der Waals surface area (Å²) in [4.78, 5) is 11.3. The maximum absolute atomic E-state index is 11.3. The average molecular weight is 356 g/mol. The zero-order valence-corrected chi connectivity index (χ0v) is 15.9. The molecule has 0 saturated heterocycles. The highest BCUT2D eigenvalue weighted by atomic mass is 16.5. The van der Waals surface area contributed by atoms with Crippen LogP contribution in [0.4, 0.5) is 4.79 Å². The molecule has 3 N–H and O–H groups in total. The normalized spacial score (nSPS) is 12.3. The van der Waals surface area contributed by atoms with Gasteiger partial charge in [0.05, 0.1) is 7.11 Å². The molecule has 0 saturated carbocycles. The number of benzene rings is 2. The lowest BCUT2D eigenvalue weighted by Gasteiger charge is -2.31. The molecule has 2 rings (SSSR count). The Morgan fingerprint density at radius 1 is 1.08 bits per heavy atom. The second-order valence-electron chi connectivity index (χ2n) is 7.39. The molecular weight excluding hydrogens is 328 g/mol. The monoisotopic (exact) mass is 356 g/mol. The number of carbonyl (C=O) groups excluding carboxylic acids is 1. The maximum Gasteiger partial charge on any atom is 0.312 e. The van der Waals surface area contributed by atoms with Crippen LogP contribution in [0.25, 0.3) is 0 Å². The van der Waals surface area contributed by atoms with E-state index in [9.17, 15) is 4.79 Å². The highest BCUT2D eigenvalue weighted by Crippen LogP contribution is 2.31. The van der Waals surface area contributed by atoms with Gasteiger partial charge < -0.3 is 20.5 Å². The van der Waals surface area contributed by atoms with Gasteiger partial charge in [-0.1, -0.05) is 57.2 Å². The molecule has 0 radical (unpaired) electrons. The third kappa shape index (κ3) is 5.69. The van der Waals surface area contributed by atoms with Crippen molar-refractivity contribution in [3.05, 3.63) is 59.7 Å². The van der Waals surface area contributed by atoms with E-state index in [1.54, 1.807) is 7.11 Å². The van der Waals surface area contributed by atoms with Gasteiger partial charge in [-0.2, -0.15) is 0 Å². The molecule has 0 aromatic heterocycles. The van der Waals surface area contributed by atoms with Crippen molar-refractivity contribution in [3.63, 3.8) is 0 Å². The molecule has 0 aliphatic rings. The van der Waals surface area contributed by atoms with Crippen LogP contribution in [0.5, 0.6) is 11.5 Å². The summed E-state index contributed by atoms with van der Waals surface area (Å²) in [6.07, 6.45) is 0.651. The van der Waals surface area contributed by atoms with E-state index in [1.807, 2.05) is 48.5 Å². The minimum Gasteiger partial charge on any atom is -0.493 e. The summed E-state index contributed by atoms with van der Waals surface area (Å²) in [5.41, 5.74) is 7.34. The Hall–Kier alpha value is -2.69. The van der Waals surface area contributed by atoms with Gasteiger partial charge in [0.1, 0.15) is 6.61 Å². The van der Waals surface area contributed by atoms with Crippen LogP contribution in [0.1, 0.15) is 31.9 Å². The minimum atomic E-state index is -0.515. The first-order valence-corrected chi connectivity index (χ1v) is 8.69. The van der Waals surface area contributed by atoms with E-state index < -0.39 is 6.03 Å². The number of amides is 2. The van der Waals surface area contributed by atoms with Gasteiger partial charge in [-0.15, -0.1) is 0 Å². The number of primary amides is 1. The Morgan fingerprint density at radius 2 is 1.77 bits per heavy atom. The van der Waals surface area contributed by atoms with Gasteiger partial charge in [0, 0.05) is 6.04 Å². The van der Waals surface area contributed by atoms with E-state index in [0.29, 0.717) is 24.5 Å². The van der Waals surface area contributed by atoms with E-state index in [4.69, 9.17) is 15.2 Å². The molecule has 1 atom stereocenters. The van der Waals surface area contributed by atoms with Crippen LogP contribution >= 0.6 is 0 Å². The lowest BCUT2D eigenvalue weighted by molar-refractivity contribution is 0.224. The number of nitrogens with one attached hydrogen (secondary N) is 1. The summed E-state index contributed by atoms with van der Waals surface area (Å²) in [7, 11) is 1.62. The average Bonchev–Trinajstić information content (AvgIpc) is 2.59. The second-order valence-corrected chi connectivity index (χ2v) is 7.39. The van der Waals surface area contributed by atoms with Crippen LogP contribution in [0.2, 0.25) is 0 Å². The van der Waals surface area contributed by atoms with Gasteiger partial charge in [-0.3, -0.25) is 0 Å². The molecule has 0 aliphatic heterocycles. The Kier molecular flexibility index (Phi) is 6.50. The number of urea groups is 1. The van der Waals surface area contributed by atoms with Crippen molar-refractivity contribution in [2.75, 3.05) is 7.11 Å². The molecule has 0 aliphatic carbocycles. The second kappa shape index (κ2) is 8.61. The van der Waals surface area contributed by atoms with Gasteiger partial charge in [0.15, 0.2) is 11.5 Å². The topological polar surface area (TPSA) is 73.6 Å². The number of hydrogen-bond donors (Lipinski definition) is 2. The molecule has 1 unspecified atom stereocenters. The summed E-state index contributed by atoms with van der Waals surface area (Å²) in [6, 6.07) is 15.2. The van der Waals surface area contributed by atoms with Gasteiger partial charge >= 0.3 is 6.03 Å². The van der Waals surface area contributed by atoms with Gasteiger partial charge in [0.2, 0.25) is 0 Å². The quantitative estimate of drug-likeness (QED) is 0.790. The predicted molar refractivity (Wildman–Crippen MR) is 103 cm³/mol. The third-order valence-electron chi connectivity index (χ3n) is 4.27. The van der Waals surface area contributed by atoms with Crippen molar-refractivity contribution >= 4 is 6.03 Å². The molecule has 0 heterocycles. The number of carbonyl (C=O) groups is 1. The van der Waals surface area contributed by atoms with Gasteiger partial charge in [-0.05, 0) is 35.1 Å². The number of rotatable bonds is 7. The van der Waals surface area contributed by atoms with Crippen LogP contribution in [0.15, 0.2) is 48.5 Å². The van der Waals surface area contributed by atoms with Crippen LogP contribution in [0.3, 0.4) is 0 Å². The first kappa shape index (κ1) is 19.6. The number of hydrogen-bond acceptors (Lipinski definition) is 3. The highest BCUT2D eigenvalue weighted by Gasteiger charge is 2.26. The molecule has 26 heavy (non-hydrogen) atoms. The first-order chi connectivity index (χ1) is 12.3. The number of nitrogens with two attached hydrogens (primary N) is 1. The molecule has 0 bridgehead atoms. The largest absolute Gasteiger partial charge is 0.493 e. The lowest BCUT2D eigenvalue weighted by Crippen LogP contribution is -2.47. The third-order valence-corrected chi connectivity index (χ3v) is 4.27. The Labute approximate surface area is 155 Å². The molecule has 2 aromatic rings. The lowest BCUT2D eigenvalue weighted by atomic mass is 9.83. The van der Waals surface area contributed by atoms with Gasteiger partial charge in [-0.25, -0.2) is 4.79 Å². The molecule has 140 valence electrons. The van der Waals surface area contributed by atoms with E-state index in [1.165, 1.54) is 0 Å². The molecule has 2 aromatic carbocycles. The van der Waals surface area contributed by atoms with Crippen molar-refractivity contribution in [2.24, 2.45) is 11.1 Å². The minimum absolute atomic E-state index is 0.0876. The number of ether oxygens (including phenoxy) is 2. The summed E-state index contributed by atoms with van der Waals surface area (Å²) >= 11 is 0. The van der Waals surface area contributed by atoms with E-state index in [0.717, 1.165) is 11.1 Å². The van der Waals surface area contributed by atoms with E-state index >= 15 is 0 Å². The van der Waals surface area contributed by atoms with Crippen LogP contribution in [-0.2, 0) is 13.0 Å². The Bertz CT molecular complexity index is 724. The van der Waals surface area contributed by atoms with Crippen molar-refractivity contribution in [2.45, 2.75) is 39.8 Å².